The molecule has 2 N–H and O–H groups in total. The zero-order chi connectivity index (χ0) is 11.6. The highest BCUT2D eigenvalue weighted by Gasteiger charge is 2.37. The summed E-state index contributed by atoms with van der Waals surface area (Å²) >= 11 is 2.08. The molecule has 0 aromatic heterocycles. The minimum absolute atomic E-state index is 0.234. The second-order valence-electron chi connectivity index (χ2n) is 5.83. The lowest BCUT2D eigenvalue weighted by Crippen LogP contribution is -2.50. The number of nitrogens with zero attached hydrogens (tertiary/aromatic N) is 1. The molecule has 4 heteroatoms. The van der Waals surface area contributed by atoms with Crippen molar-refractivity contribution in [2.75, 3.05) is 45.1 Å². The van der Waals surface area contributed by atoms with Crippen LogP contribution >= 0.6 is 11.8 Å². The largest absolute Gasteiger partial charge is 0.381 e. The Hall–Kier alpha value is 0.230. The SMILES string of the molecule is CC1(C)CN(CC2(CN)CCOC2)CCS1. The number of hydrogen-bond donors (Lipinski definition) is 1. The second-order valence-corrected chi connectivity index (χ2v) is 7.63. The average Bonchev–Trinajstić information content (AvgIpc) is 2.65. The van der Waals surface area contributed by atoms with Gasteiger partial charge in [-0.2, -0.15) is 11.8 Å². The minimum Gasteiger partial charge on any atom is -0.381 e. The van der Waals surface area contributed by atoms with E-state index in [1.807, 2.05) is 0 Å². The molecule has 0 bridgehead atoms. The van der Waals surface area contributed by atoms with Crippen molar-refractivity contribution in [1.29, 1.82) is 0 Å². The van der Waals surface area contributed by atoms with Gasteiger partial charge in [-0.05, 0) is 20.3 Å². The van der Waals surface area contributed by atoms with Crippen molar-refractivity contribution in [3.05, 3.63) is 0 Å². The first-order valence-electron chi connectivity index (χ1n) is 6.19. The highest BCUT2D eigenvalue weighted by Crippen LogP contribution is 2.33. The summed E-state index contributed by atoms with van der Waals surface area (Å²) in [5.74, 6) is 1.24. The lowest BCUT2D eigenvalue weighted by atomic mass is 9.86. The van der Waals surface area contributed by atoms with Crippen LogP contribution in [0, 0.1) is 5.41 Å². The molecule has 2 rings (SSSR count). The molecule has 94 valence electrons. The van der Waals surface area contributed by atoms with Gasteiger partial charge in [0.15, 0.2) is 0 Å². The van der Waals surface area contributed by atoms with E-state index in [1.165, 1.54) is 18.8 Å². The monoisotopic (exact) mass is 244 g/mol. The molecular formula is C12H24N2OS. The maximum absolute atomic E-state index is 5.94. The molecule has 2 fully saturated rings. The van der Waals surface area contributed by atoms with E-state index in [9.17, 15) is 0 Å². The third kappa shape index (κ3) is 2.92. The lowest BCUT2D eigenvalue weighted by molar-refractivity contribution is 0.112. The van der Waals surface area contributed by atoms with E-state index >= 15 is 0 Å². The Balaban J connectivity index is 1.93. The molecule has 1 atom stereocenters. The van der Waals surface area contributed by atoms with Crippen molar-refractivity contribution in [3.8, 4) is 0 Å². The fraction of sp³-hybridized carbons (Fsp3) is 1.00. The number of hydrogen-bond acceptors (Lipinski definition) is 4. The molecule has 2 saturated heterocycles. The van der Waals surface area contributed by atoms with Crippen LogP contribution in [0.25, 0.3) is 0 Å². The molecular weight excluding hydrogens is 220 g/mol. The second kappa shape index (κ2) is 4.84. The van der Waals surface area contributed by atoms with Crippen LogP contribution in [0.3, 0.4) is 0 Å². The summed E-state index contributed by atoms with van der Waals surface area (Å²) in [6, 6.07) is 0. The molecule has 16 heavy (non-hydrogen) atoms. The predicted octanol–water partition coefficient (Wildman–Crippen LogP) is 1.18. The zero-order valence-electron chi connectivity index (χ0n) is 10.5. The topological polar surface area (TPSA) is 38.5 Å². The number of rotatable bonds is 3. The molecule has 0 saturated carbocycles. The molecule has 3 nitrogen and oxygen atoms in total. The number of ether oxygens (including phenoxy) is 1. The van der Waals surface area contributed by atoms with Crippen molar-refractivity contribution < 1.29 is 4.74 Å². The summed E-state index contributed by atoms with van der Waals surface area (Å²) in [4.78, 5) is 2.58. The maximum Gasteiger partial charge on any atom is 0.0547 e. The van der Waals surface area contributed by atoms with Gasteiger partial charge in [-0.15, -0.1) is 0 Å². The molecule has 1 unspecified atom stereocenters. The van der Waals surface area contributed by atoms with E-state index < -0.39 is 0 Å². The first kappa shape index (κ1) is 12.7. The van der Waals surface area contributed by atoms with Gasteiger partial charge in [-0.1, -0.05) is 0 Å². The van der Waals surface area contributed by atoms with E-state index in [4.69, 9.17) is 10.5 Å². The molecule has 2 heterocycles. The molecule has 0 spiro atoms. The Kier molecular flexibility index (Phi) is 3.84. The van der Waals surface area contributed by atoms with E-state index in [2.05, 4.69) is 30.5 Å². The zero-order valence-corrected chi connectivity index (χ0v) is 11.3. The van der Waals surface area contributed by atoms with Crippen LogP contribution in [0.15, 0.2) is 0 Å². The van der Waals surface area contributed by atoms with Crippen molar-refractivity contribution in [2.45, 2.75) is 25.0 Å². The number of nitrogens with two attached hydrogens (primary N) is 1. The molecule has 2 aliphatic heterocycles. The van der Waals surface area contributed by atoms with Gasteiger partial charge in [-0.25, -0.2) is 0 Å². The fourth-order valence-electron chi connectivity index (χ4n) is 2.72. The summed E-state index contributed by atoms with van der Waals surface area (Å²) in [5.41, 5.74) is 6.18. The van der Waals surface area contributed by atoms with E-state index in [1.54, 1.807) is 0 Å². The summed E-state index contributed by atoms with van der Waals surface area (Å²) in [6.07, 6.45) is 1.13. The van der Waals surface area contributed by atoms with E-state index in [-0.39, 0.29) is 5.41 Å². The van der Waals surface area contributed by atoms with Crippen molar-refractivity contribution in [1.82, 2.24) is 4.90 Å². The Morgan fingerprint density at radius 3 is 2.81 bits per heavy atom. The van der Waals surface area contributed by atoms with Gasteiger partial charge < -0.3 is 15.4 Å². The Morgan fingerprint density at radius 2 is 2.25 bits per heavy atom. The molecule has 0 aromatic rings. The van der Waals surface area contributed by atoms with Crippen molar-refractivity contribution in [2.24, 2.45) is 11.1 Å². The summed E-state index contributed by atoms with van der Waals surface area (Å²) in [6.45, 7) is 10.7. The Labute approximate surface area is 103 Å². The van der Waals surface area contributed by atoms with Crippen LogP contribution in [0.5, 0.6) is 0 Å². The van der Waals surface area contributed by atoms with Crippen LogP contribution in [0.4, 0.5) is 0 Å². The third-order valence-electron chi connectivity index (χ3n) is 3.68. The van der Waals surface area contributed by atoms with Crippen molar-refractivity contribution >= 4 is 11.8 Å². The van der Waals surface area contributed by atoms with E-state index in [0.717, 1.165) is 32.7 Å². The molecule has 0 radical (unpaired) electrons. The molecule has 2 aliphatic rings. The highest BCUT2D eigenvalue weighted by molar-refractivity contribution is 8.00. The molecule has 0 amide bonds. The lowest BCUT2D eigenvalue weighted by Gasteiger charge is -2.41. The smallest absolute Gasteiger partial charge is 0.0547 e. The average molecular weight is 244 g/mol. The summed E-state index contributed by atoms with van der Waals surface area (Å²) < 4.78 is 5.93. The van der Waals surface area contributed by atoms with Crippen molar-refractivity contribution in [3.63, 3.8) is 0 Å². The molecule has 0 aliphatic carbocycles. The van der Waals surface area contributed by atoms with Gasteiger partial charge in [-0.3, -0.25) is 0 Å². The van der Waals surface area contributed by atoms with Crippen LogP contribution < -0.4 is 5.73 Å². The predicted molar refractivity (Wildman–Crippen MR) is 69.9 cm³/mol. The standard InChI is InChI=1S/C12H24N2OS/c1-11(2)8-14(4-6-16-11)9-12(7-13)3-5-15-10-12/h3-10,13H2,1-2H3. The van der Waals surface area contributed by atoms with Crippen LogP contribution in [0.2, 0.25) is 0 Å². The van der Waals surface area contributed by atoms with Gasteiger partial charge >= 0.3 is 0 Å². The first-order valence-corrected chi connectivity index (χ1v) is 7.18. The summed E-state index contributed by atoms with van der Waals surface area (Å²) in [7, 11) is 0. The normalized spacial score (nSPS) is 35.4. The highest BCUT2D eigenvalue weighted by atomic mass is 32.2. The van der Waals surface area contributed by atoms with Gasteiger partial charge in [0.25, 0.3) is 0 Å². The van der Waals surface area contributed by atoms with Crippen LogP contribution in [0.1, 0.15) is 20.3 Å². The third-order valence-corrected chi connectivity index (χ3v) is 4.98. The van der Waals surface area contributed by atoms with Gasteiger partial charge in [0.05, 0.1) is 6.61 Å². The van der Waals surface area contributed by atoms with Gasteiger partial charge in [0.2, 0.25) is 0 Å². The summed E-state index contributed by atoms with van der Waals surface area (Å²) in [5, 5.41) is 0. The van der Waals surface area contributed by atoms with Gasteiger partial charge in [0, 0.05) is 48.7 Å². The molecule has 0 aromatic carbocycles. The quantitative estimate of drug-likeness (QED) is 0.809. The van der Waals surface area contributed by atoms with Crippen LogP contribution in [-0.2, 0) is 4.74 Å². The minimum atomic E-state index is 0.234. The number of thioether (sulfide) groups is 1. The Bertz CT molecular complexity index is 239. The Morgan fingerprint density at radius 1 is 1.44 bits per heavy atom. The maximum atomic E-state index is 5.94. The van der Waals surface area contributed by atoms with Crippen LogP contribution in [-0.4, -0.2) is 54.8 Å². The van der Waals surface area contributed by atoms with E-state index in [0.29, 0.717) is 4.75 Å². The fourth-order valence-corrected chi connectivity index (χ4v) is 3.90. The first-order chi connectivity index (χ1) is 7.55. The van der Waals surface area contributed by atoms with Gasteiger partial charge in [0.1, 0.15) is 0 Å².